The molecule has 78 valence electrons. The summed E-state index contributed by atoms with van der Waals surface area (Å²) in [5.74, 6) is 1.21. The predicted octanol–water partition coefficient (Wildman–Crippen LogP) is 3.31. The van der Waals surface area contributed by atoms with Crippen LogP contribution in [0.25, 0.3) is 0 Å². The van der Waals surface area contributed by atoms with Gasteiger partial charge in [0.2, 0.25) is 0 Å². The summed E-state index contributed by atoms with van der Waals surface area (Å²) in [5.41, 5.74) is 0.951. The maximum absolute atomic E-state index is 9.23. The first-order valence-electron chi connectivity index (χ1n) is 4.94. The van der Waals surface area contributed by atoms with Crippen LogP contribution in [0.4, 0.5) is 0 Å². The van der Waals surface area contributed by atoms with Crippen molar-refractivity contribution in [3.8, 4) is 5.75 Å². The largest absolute Gasteiger partial charge is 0.508 e. The van der Waals surface area contributed by atoms with E-state index in [4.69, 9.17) is 4.42 Å². The van der Waals surface area contributed by atoms with Gasteiger partial charge in [-0.3, -0.25) is 0 Å². The molecule has 2 nitrogen and oxygen atoms in total. The molecule has 1 N–H and O–H groups in total. The number of phenolic OH excluding ortho intramolecular Hbond substituents is 1. The second-order valence-electron chi connectivity index (χ2n) is 4.15. The quantitative estimate of drug-likeness (QED) is 0.810. The van der Waals surface area contributed by atoms with Crippen molar-refractivity contribution in [3.05, 3.63) is 54.0 Å². The Morgan fingerprint density at radius 3 is 2.27 bits per heavy atom. The maximum Gasteiger partial charge on any atom is 0.115 e. The summed E-state index contributed by atoms with van der Waals surface area (Å²) in [6.07, 6.45) is 1.68. The third-order valence-corrected chi connectivity index (χ3v) is 2.73. The minimum Gasteiger partial charge on any atom is -0.508 e. The Bertz CT molecular complexity index is 424. The molecule has 0 aliphatic heterocycles. The zero-order valence-electron chi connectivity index (χ0n) is 8.90. The van der Waals surface area contributed by atoms with Crippen LogP contribution in [0.3, 0.4) is 0 Å². The fourth-order valence-corrected chi connectivity index (χ4v) is 1.65. The third kappa shape index (κ3) is 1.75. The van der Waals surface area contributed by atoms with Gasteiger partial charge in [0.1, 0.15) is 11.5 Å². The molecule has 0 aliphatic rings. The molecule has 0 spiro atoms. The lowest BCUT2D eigenvalue weighted by Gasteiger charge is -2.22. The second kappa shape index (κ2) is 3.46. The van der Waals surface area contributed by atoms with Crippen molar-refractivity contribution in [2.24, 2.45) is 0 Å². The molecule has 2 heteroatoms. The van der Waals surface area contributed by atoms with Crippen molar-refractivity contribution in [2.45, 2.75) is 19.3 Å². The molecule has 1 aromatic heterocycles. The topological polar surface area (TPSA) is 33.4 Å². The van der Waals surface area contributed by atoms with Gasteiger partial charge in [0.05, 0.1) is 6.26 Å². The SMILES string of the molecule is CC(C)(c1ccc(O)cc1)c1ccco1. The van der Waals surface area contributed by atoms with Crippen molar-refractivity contribution >= 4 is 0 Å². The lowest BCUT2D eigenvalue weighted by Crippen LogP contribution is -2.17. The van der Waals surface area contributed by atoms with E-state index in [0.29, 0.717) is 0 Å². The van der Waals surface area contributed by atoms with Crippen LogP contribution in [0.15, 0.2) is 47.1 Å². The summed E-state index contributed by atoms with van der Waals surface area (Å²) in [7, 11) is 0. The van der Waals surface area contributed by atoms with Crippen molar-refractivity contribution in [3.63, 3.8) is 0 Å². The predicted molar refractivity (Wildman–Crippen MR) is 58.9 cm³/mol. The third-order valence-electron chi connectivity index (χ3n) is 2.73. The molecule has 0 radical (unpaired) electrons. The lowest BCUT2D eigenvalue weighted by atomic mass is 9.82. The van der Waals surface area contributed by atoms with Gasteiger partial charge in [0.15, 0.2) is 0 Å². The van der Waals surface area contributed by atoms with Crippen LogP contribution in [0.2, 0.25) is 0 Å². The summed E-state index contributed by atoms with van der Waals surface area (Å²) in [4.78, 5) is 0. The van der Waals surface area contributed by atoms with Crippen LogP contribution >= 0.6 is 0 Å². The van der Waals surface area contributed by atoms with Gasteiger partial charge >= 0.3 is 0 Å². The van der Waals surface area contributed by atoms with Gasteiger partial charge in [0.25, 0.3) is 0 Å². The molecule has 0 aliphatic carbocycles. The number of hydrogen-bond acceptors (Lipinski definition) is 2. The molecule has 0 saturated carbocycles. The van der Waals surface area contributed by atoms with Crippen LogP contribution in [0, 0.1) is 0 Å². The van der Waals surface area contributed by atoms with Gasteiger partial charge in [-0.1, -0.05) is 12.1 Å². The lowest BCUT2D eigenvalue weighted by molar-refractivity contribution is 0.428. The standard InChI is InChI=1S/C13H14O2/c1-13(2,12-4-3-9-15-12)10-5-7-11(14)8-6-10/h3-9,14H,1-2H3. The Balaban J connectivity index is 2.41. The van der Waals surface area contributed by atoms with Crippen molar-refractivity contribution in [2.75, 3.05) is 0 Å². The number of rotatable bonds is 2. The first-order valence-corrected chi connectivity index (χ1v) is 4.94. The summed E-state index contributed by atoms with van der Waals surface area (Å²) in [6, 6.07) is 11.1. The molecule has 0 saturated heterocycles. The Morgan fingerprint density at radius 2 is 1.73 bits per heavy atom. The van der Waals surface area contributed by atoms with Gasteiger partial charge < -0.3 is 9.52 Å². The molecule has 0 unspecified atom stereocenters. The van der Waals surface area contributed by atoms with E-state index < -0.39 is 0 Å². The maximum atomic E-state index is 9.23. The highest BCUT2D eigenvalue weighted by Gasteiger charge is 2.25. The number of hydrogen-bond donors (Lipinski definition) is 1. The van der Waals surface area contributed by atoms with Crippen molar-refractivity contribution in [1.82, 2.24) is 0 Å². The first kappa shape index (κ1) is 9.84. The summed E-state index contributed by atoms with van der Waals surface area (Å²) in [6.45, 7) is 4.19. The fourth-order valence-electron chi connectivity index (χ4n) is 1.65. The Kier molecular flexibility index (Phi) is 2.27. The van der Waals surface area contributed by atoms with E-state index >= 15 is 0 Å². The molecule has 2 rings (SSSR count). The van der Waals surface area contributed by atoms with Crippen LogP contribution in [0.1, 0.15) is 25.2 Å². The molecule has 2 aromatic rings. The Hall–Kier alpha value is -1.70. The minimum atomic E-state index is -0.169. The van der Waals surface area contributed by atoms with Crippen LogP contribution in [-0.2, 0) is 5.41 Å². The van der Waals surface area contributed by atoms with Gasteiger partial charge in [-0.2, -0.15) is 0 Å². The summed E-state index contributed by atoms with van der Waals surface area (Å²) < 4.78 is 5.42. The van der Waals surface area contributed by atoms with E-state index in [1.807, 2.05) is 24.3 Å². The zero-order valence-corrected chi connectivity index (χ0v) is 8.90. The van der Waals surface area contributed by atoms with Crippen LogP contribution < -0.4 is 0 Å². The van der Waals surface area contributed by atoms with Crippen molar-refractivity contribution in [1.29, 1.82) is 0 Å². The first-order chi connectivity index (χ1) is 7.10. The fraction of sp³-hybridized carbons (Fsp3) is 0.231. The van der Waals surface area contributed by atoms with Gasteiger partial charge in [-0.05, 0) is 43.7 Å². The summed E-state index contributed by atoms with van der Waals surface area (Å²) >= 11 is 0. The van der Waals surface area contributed by atoms with E-state index in [2.05, 4.69) is 13.8 Å². The van der Waals surface area contributed by atoms with E-state index in [9.17, 15) is 5.11 Å². The molecule has 15 heavy (non-hydrogen) atoms. The molecule has 0 fully saturated rings. The van der Waals surface area contributed by atoms with E-state index in [0.717, 1.165) is 11.3 Å². The number of aromatic hydroxyl groups is 1. The smallest absolute Gasteiger partial charge is 0.115 e. The van der Waals surface area contributed by atoms with Crippen LogP contribution in [0.5, 0.6) is 5.75 Å². The van der Waals surface area contributed by atoms with E-state index in [1.165, 1.54) is 0 Å². The number of phenols is 1. The highest BCUT2D eigenvalue weighted by Crippen LogP contribution is 2.32. The van der Waals surface area contributed by atoms with E-state index in [1.54, 1.807) is 18.4 Å². The number of furan rings is 1. The molecular weight excluding hydrogens is 188 g/mol. The highest BCUT2D eigenvalue weighted by atomic mass is 16.3. The molecule has 0 bridgehead atoms. The van der Waals surface area contributed by atoms with Gasteiger partial charge in [-0.25, -0.2) is 0 Å². The second-order valence-corrected chi connectivity index (χ2v) is 4.15. The zero-order chi connectivity index (χ0) is 10.9. The Morgan fingerprint density at radius 1 is 1.07 bits per heavy atom. The molecule has 0 amide bonds. The molecular formula is C13H14O2. The monoisotopic (exact) mass is 202 g/mol. The van der Waals surface area contributed by atoms with Gasteiger partial charge in [0, 0.05) is 5.41 Å². The summed E-state index contributed by atoms with van der Waals surface area (Å²) in [5, 5.41) is 9.23. The molecule has 0 atom stereocenters. The Labute approximate surface area is 89.2 Å². The normalized spacial score (nSPS) is 11.6. The number of benzene rings is 1. The average molecular weight is 202 g/mol. The van der Waals surface area contributed by atoms with E-state index in [-0.39, 0.29) is 11.2 Å². The van der Waals surface area contributed by atoms with Crippen molar-refractivity contribution < 1.29 is 9.52 Å². The highest BCUT2D eigenvalue weighted by molar-refractivity contribution is 5.35. The van der Waals surface area contributed by atoms with Gasteiger partial charge in [-0.15, -0.1) is 0 Å². The average Bonchev–Trinajstić information content (AvgIpc) is 2.71. The van der Waals surface area contributed by atoms with Crippen LogP contribution in [-0.4, -0.2) is 5.11 Å². The minimum absolute atomic E-state index is 0.169. The molecule has 1 aromatic carbocycles. The molecule has 1 heterocycles.